The zero-order valence-corrected chi connectivity index (χ0v) is 10.2. The van der Waals surface area contributed by atoms with E-state index in [-0.39, 0.29) is 11.4 Å². The van der Waals surface area contributed by atoms with Crippen LogP contribution in [0.25, 0.3) is 0 Å². The summed E-state index contributed by atoms with van der Waals surface area (Å²) < 4.78 is 2.27. The lowest BCUT2D eigenvalue weighted by Crippen LogP contribution is -2.19. The van der Waals surface area contributed by atoms with Gasteiger partial charge in [-0.3, -0.25) is 0 Å². The Bertz CT molecular complexity index is 257. The molecule has 1 nitrogen and oxygen atoms in total. The highest BCUT2D eigenvalue weighted by Gasteiger charge is 2.18. The SMILES string of the molecule is CC(C)(CO)Sc1cc(Br)cs1. The van der Waals surface area contributed by atoms with Crippen LogP contribution in [0.2, 0.25) is 0 Å². The Kier molecular flexibility index (Phi) is 3.64. The van der Waals surface area contributed by atoms with Gasteiger partial charge in [0.05, 0.1) is 10.8 Å². The third-order valence-corrected chi connectivity index (χ3v) is 4.32. The lowest BCUT2D eigenvalue weighted by Gasteiger charge is -2.19. The predicted octanol–water partition coefficient (Wildman–Crippen LogP) is 3.37. The Balaban J connectivity index is 2.63. The van der Waals surface area contributed by atoms with Crippen LogP contribution in [0.4, 0.5) is 0 Å². The highest BCUT2D eigenvalue weighted by molar-refractivity contribution is 9.10. The van der Waals surface area contributed by atoms with Crippen molar-refractivity contribution in [1.29, 1.82) is 0 Å². The van der Waals surface area contributed by atoms with Crippen LogP contribution in [-0.4, -0.2) is 16.5 Å². The highest BCUT2D eigenvalue weighted by atomic mass is 79.9. The molecule has 0 fully saturated rings. The first-order valence-electron chi connectivity index (χ1n) is 3.57. The molecule has 0 aliphatic heterocycles. The van der Waals surface area contributed by atoms with Crippen molar-refractivity contribution >= 4 is 39.0 Å². The van der Waals surface area contributed by atoms with Gasteiger partial charge >= 0.3 is 0 Å². The zero-order chi connectivity index (χ0) is 9.19. The molecule has 0 spiro atoms. The van der Waals surface area contributed by atoms with E-state index in [9.17, 15) is 0 Å². The largest absolute Gasteiger partial charge is 0.395 e. The van der Waals surface area contributed by atoms with E-state index in [1.807, 2.05) is 13.8 Å². The van der Waals surface area contributed by atoms with Gasteiger partial charge in [-0.1, -0.05) is 0 Å². The Morgan fingerprint density at radius 1 is 1.67 bits per heavy atom. The highest BCUT2D eigenvalue weighted by Crippen LogP contribution is 2.37. The van der Waals surface area contributed by atoms with Gasteiger partial charge in [-0.15, -0.1) is 23.1 Å². The van der Waals surface area contributed by atoms with E-state index in [0.29, 0.717) is 0 Å². The van der Waals surface area contributed by atoms with Gasteiger partial charge in [-0.2, -0.15) is 0 Å². The number of thioether (sulfide) groups is 1. The molecule has 0 atom stereocenters. The minimum absolute atomic E-state index is 0.0791. The molecule has 1 rings (SSSR count). The van der Waals surface area contributed by atoms with Crippen molar-refractivity contribution in [2.75, 3.05) is 6.61 Å². The molecule has 0 saturated heterocycles. The Labute approximate surface area is 89.3 Å². The van der Waals surface area contributed by atoms with Crippen molar-refractivity contribution in [1.82, 2.24) is 0 Å². The van der Waals surface area contributed by atoms with Gasteiger partial charge in [0.25, 0.3) is 0 Å². The van der Waals surface area contributed by atoms with Gasteiger partial charge < -0.3 is 5.11 Å². The summed E-state index contributed by atoms with van der Waals surface area (Å²) in [5, 5.41) is 11.1. The molecule has 0 amide bonds. The molecular formula is C8H11BrOS2. The molecule has 0 bridgehead atoms. The summed E-state index contributed by atoms with van der Waals surface area (Å²) in [6.45, 7) is 4.27. The molecular weight excluding hydrogens is 256 g/mol. The van der Waals surface area contributed by atoms with Crippen molar-refractivity contribution in [2.45, 2.75) is 22.8 Å². The summed E-state index contributed by atoms with van der Waals surface area (Å²) >= 11 is 6.80. The number of hydrogen-bond acceptors (Lipinski definition) is 3. The van der Waals surface area contributed by atoms with Crippen LogP contribution < -0.4 is 0 Å². The fourth-order valence-corrected chi connectivity index (χ4v) is 3.77. The van der Waals surface area contributed by atoms with Crippen LogP contribution in [-0.2, 0) is 0 Å². The maximum Gasteiger partial charge on any atom is 0.0616 e. The smallest absolute Gasteiger partial charge is 0.0616 e. The lowest BCUT2D eigenvalue weighted by atomic mass is 10.2. The first-order chi connectivity index (χ1) is 5.53. The van der Waals surface area contributed by atoms with Crippen LogP contribution >= 0.6 is 39.0 Å². The molecule has 1 N–H and O–H groups in total. The number of aliphatic hydroxyl groups excluding tert-OH is 1. The molecule has 68 valence electrons. The van der Waals surface area contributed by atoms with Crippen molar-refractivity contribution in [2.24, 2.45) is 0 Å². The van der Waals surface area contributed by atoms with E-state index in [2.05, 4.69) is 27.4 Å². The summed E-state index contributed by atoms with van der Waals surface area (Å²) in [7, 11) is 0. The molecule has 0 unspecified atom stereocenters. The maximum atomic E-state index is 9.03. The minimum Gasteiger partial charge on any atom is -0.395 e. The van der Waals surface area contributed by atoms with Crippen LogP contribution in [0.5, 0.6) is 0 Å². The number of thiophene rings is 1. The van der Waals surface area contributed by atoms with E-state index in [4.69, 9.17) is 5.11 Å². The molecule has 0 radical (unpaired) electrons. The van der Waals surface area contributed by atoms with Crippen molar-refractivity contribution in [3.63, 3.8) is 0 Å². The normalized spacial score (nSPS) is 12.0. The first kappa shape index (κ1) is 10.6. The molecule has 1 heterocycles. The van der Waals surface area contributed by atoms with Crippen molar-refractivity contribution < 1.29 is 5.11 Å². The number of rotatable bonds is 3. The monoisotopic (exact) mass is 266 g/mol. The second kappa shape index (κ2) is 4.13. The van der Waals surface area contributed by atoms with Crippen LogP contribution in [0.15, 0.2) is 20.1 Å². The van der Waals surface area contributed by atoms with E-state index in [0.717, 1.165) is 4.47 Å². The van der Waals surface area contributed by atoms with Gasteiger partial charge in [-0.25, -0.2) is 0 Å². The van der Waals surface area contributed by atoms with Gasteiger partial charge in [0.2, 0.25) is 0 Å². The molecule has 0 aliphatic carbocycles. The second-order valence-corrected chi connectivity index (χ2v) is 6.94. The molecule has 1 aromatic rings. The number of aliphatic hydroxyl groups is 1. The van der Waals surface area contributed by atoms with Crippen molar-refractivity contribution in [3.05, 3.63) is 15.9 Å². The summed E-state index contributed by atoms with van der Waals surface area (Å²) in [6, 6.07) is 2.08. The maximum absolute atomic E-state index is 9.03. The molecule has 12 heavy (non-hydrogen) atoms. The third kappa shape index (κ3) is 3.09. The van der Waals surface area contributed by atoms with Crippen LogP contribution in [0.1, 0.15) is 13.8 Å². The fourth-order valence-electron chi connectivity index (χ4n) is 0.653. The van der Waals surface area contributed by atoms with Crippen molar-refractivity contribution in [3.8, 4) is 0 Å². The average Bonchev–Trinajstić information content (AvgIpc) is 2.35. The third-order valence-electron chi connectivity index (χ3n) is 1.30. The summed E-state index contributed by atoms with van der Waals surface area (Å²) in [5.41, 5.74) is 0. The molecule has 0 saturated carbocycles. The number of hydrogen-bond donors (Lipinski definition) is 1. The van der Waals surface area contributed by atoms with E-state index in [1.165, 1.54) is 4.21 Å². The Morgan fingerprint density at radius 2 is 2.33 bits per heavy atom. The minimum atomic E-state index is -0.0791. The van der Waals surface area contributed by atoms with Gasteiger partial charge in [0.1, 0.15) is 0 Å². The summed E-state index contributed by atoms with van der Waals surface area (Å²) in [5.74, 6) is 0. The standard InChI is InChI=1S/C8H11BrOS2/c1-8(2,5-10)12-7-3-6(9)4-11-7/h3-4,10H,5H2,1-2H3. The number of halogens is 1. The molecule has 1 aromatic heterocycles. The lowest BCUT2D eigenvalue weighted by molar-refractivity contribution is 0.265. The Morgan fingerprint density at radius 3 is 2.75 bits per heavy atom. The topological polar surface area (TPSA) is 20.2 Å². The Hall–Kier alpha value is 0.490. The van der Waals surface area contributed by atoms with E-state index < -0.39 is 0 Å². The molecule has 4 heteroatoms. The fraction of sp³-hybridized carbons (Fsp3) is 0.500. The second-order valence-electron chi connectivity index (χ2n) is 3.10. The van der Waals surface area contributed by atoms with E-state index >= 15 is 0 Å². The van der Waals surface area contributed by atoms with Gasteiger partial charge in [-0.05, 0) is 35.8 Å². The molecule has 0 aliphatic rings. The van der Waals surface area contributed by atoms with Gasteiger partial charge in [0, 0.05) is 14.6 Å². The first-order valence-corrected chi connectivity index (χ1v) is 6.06. The van der Waals surface area contributed by atoms with Gasteiger partial charge in [0.15, 0.2) is 0 Å². The molecule has 0 aromatic carbocycles. The predicted molar refractivity (Wildman–Crippen MR) is 59.0 cm³/mol. The summed E-state index contributed by atoms with van der Waals surface area (Å²) in [6.07, 6.45) is 0. The quantitative estimate of drug-likeness (QED) is 0.847. The van der Waals surface area contributed by atoms with E-state index in [1.54, 1.807) is 23.1 Å². The van der Waals surface area contributed by atoms with Crippen LogP contribution in [0, 0.1) is 0 Å². The summed E-state index contributed by atoms with van der Waals surface area (Å²) in [4.78, 5) is 0. The average molecular weight is 267 g/mol. The van der Waals surface area contributed by atoms with Crippen LogP contribution in [0.3, 0.4) is 0 Å². The zero-order valence-electron chi connectivity index (χ0n) is 7.00.